The van der Waals surface area contributed by atoms with Crippen molar-refractivity contribution >= 4 is 11.0 Å². The molecule has 1 aliphatic heterocycles. The predicted octanol–water partition coefficient (Wildman–Crippen LogP) is 7.80. The van der Waals surface area contributed by atoms with Gasteiger partial charge >= 0.3 is 6.18 Å². The summed E-state index contributed by atoms with van der Waals surface area (Å²) in [7, 11) is 0. The summed E-state index contributed by atoms with van der Waals surface area (Å²) in [6, 6.07) is 11.6. The molecule has 0 radical (unpaired) electrons. The molecular weight excluding hydrogens is 417 g/mol. The number of fused-ring (bicyclic) bond motifs is 1. The van der Waals surface area contributed by atoms with Crippen LogP contribution < -0.4 is 4.74 Å². The Balaban J connectivity index is 1.50. The molecular formula is C26H29F3O3. The molecule has 2 heterocycles. The molecule has 6 heteroatoms. The number of ether oxygens (including phenoxy) is 2. The first kappa shape index (κ1) is 22.7. The maximum Gasteiger partial charge on any atom is 0.417 e. The van der Waals surface area contributed by atoms with Crippen molar-refractivity contribution in [2.45, 2.75) is 64.1 Å². The van der Waals surface area contributed by atoms with Crippen LogP contribution in [0.5, 0.6) is 5.75 Å². The fraction of sp³-hybridized carbons (Fsp3) is 0.462. The summed E-state index contributed by atoms with van der Waals surface area (Å²) >= 11 is 0. The van der Waals surface area contributed by atoms with Gasteiger partial charge in [-0.2, -0.15) is 13.2 Å². The maximum atomic E-state index is 13.8. The van der Waals surface area contributed by atoms with E-state index in [1.165, 1.54) is 12.1 Å². The molecule has 0 N–H and O–H groups in total. The van der Waals surface area contributed by atoms with E-state index in [0.29, 0.717) is 36.0 Å². The highest BCUT2D eigenvalue weighted by molar-refractivity contribution is 5.84. The van der Waals surface area contributed by atoms with Crippen LogP contribution in [0.1, 0.15) is 56.6 Å². The summed E-state index contributed by atoms with van der Waals surface area (Å²) in [5, 5.41) is 0.748. The zero-order valence-electron chi connectivity index (χ0n) is 18.3. The smallest absolute Gasteiger partial charge is 0.417 e. The molecule has 0 amide bonds. The highest BCUT2D eigenvalue weighted by Gasteiger charge is 2.34. The largest absolute Gasteiger partial charge is 0.493 e. The minimum absolute atomic E-state index is 0.0673. The topological polar surface area (TPSA) is 34.9 Å². The summed E-state index contributed by atoms with van der Waals surface area (Å²) < 4.78 is 58.3. The highest BCUT2D eigenvalue weighted by Crippen LogP contribution is 2.40. The van der Waals surface area contributed by atoms with Crippen molar-refractivity contribution in [3.63, 3.8) is 0 Å². The molecule has 4 rings (SSSR count). The Morgan fingerprint density at radius 3 is 2.59 bits per heavy atom. The lowest BCUT2D eigenvalue weighted by molar-refractivity contribution is -0.137. The molecule has 0 spiro atoms. The van der Waals surface area contributed by atoms with Gasteiger partial charge in [0.2, 0.25) is 0 Å². The van der Waals surface area contributed by atoms with E-state index in [0.717, 1.165) is 50.5 Å². The number of aryl methyl sites for hydroxylation is 1. The van der Waals surface area contributed by atoms with E-state index in [4.69, 9.17) is 13.9 Å². The molecule has 0 bridgehead atoms. The van der Waals surface area contributed by atoms with Crippen LogP contribution in [0, 0.1) is 0 Å². The molecule has 0 saturated carbocycles. The number of hydrogen-bond donors (Lipinski definition) is 0. The van der Waals surface area contributed by atoms with Crippen molar-refractivity contribution in [1.29, 1.82) is 0 Å². The molecule has 1 fully saturated rings. The third-order valence-corrected chi connectivity index (χ3v) is 5.81. The molecule has 172 valence electrons. The van der Waals surface area contributed by atoms with Gasteiger partial charge in [-0.15, -0.1) is 0 Å². The van der Waals surface area contributed by atoms with E-state index < -0.39 is 11.7 Å². The number of furan rings is 1. The van der Waals surface area contributed by atoms with Crippen LogP contribution in [-0.2, 0) is 17.3 Å². The molecule has 1 saturated heterocycles. The Kier molecular flexibility index (Phi) is 7.09. The molecule has 32 heavy (non-hydrogen) atoms. The van der Waals surface area contributed by atoms with Crippen molar-refractivity contribution in [2.75, 3.05) is 13.2 Å². The zero-order chi connectivity index (χ0) is 22.6. The van der Waals surface area contributed by atoms with Crippen LogP contribution >= 0.6 is 0 Å². The van der Waals surface area contributed by atoms with Crippen LogP contribution in [0.2, 0.25) is 0 Å². The van der Waals surface area contributed by atoms with Crippen LogP contribution in [0.4, 0.5) is 13.2 Å². The molecule has 3 aromatic rings. The van der Waals surface area contributed by atoms with Crippen molar-refractivity contribution < 1.29 is 27.1 Å². The van der Waals surface area contributed by atoms with Gasteiger partial charge in [0.25, 0.3) is 0 Å². The third kappa shape index (κ3) is 5.85. The van der Waals surface area contributed by atoms with E-state index in [2.05, 4.69) is 6.92 Å². The van der Waals surface area contributed by atoms with Crippen LogP contribution in [0.25, 0.3) is 22.3 Å². The minimum Gasteiger partial charge on any atom is -0.493 e. The third-order valence-electron chi connectivity index (χ3n) is 5.81. The molecule has 0 aliphatic carbocycles. The van der Waals surface area contributed by atoms with E-state index >= 15 is 0 Å². The van der Waals surface area contributed by atoms with Gasteiger partial charge in [0.05, 0.1) is 24.9 Å². The monoisotopic (exact) mass is 446 g/mol. The first-order valence-corrected chi connectivity index (χ1v) is 11.4. The summed E-state index contributed by atoms with van der Waals surface area (Å²) in [5.74, 6) is 0.873. The van der Waals surface area contributed by atoms with Crippen LogP contribution in [0.15, 0.2) is 46.9 Å². The highest BCUT2D eigenvalue weighted by atomic mass is 19.4. The Hall–Kier alpha value is -2.47. The van der Waals surface area contributed by atoms with Crippen molar-refractivity contribution in [3.8, 4) is 17.1 Å². The standard InChI is InChI=1S/C26H29F3O3/c1-2-3-4-7-18-9-12-22(23(14-18)26(27,28)29)25-15-19-10-11-20(16-24(19)32-25)30-13-6-5-8-21-17-31-21/h9-12,14-16,21H,2-8,13,17H2,1H3. The average molecular weight is 447 g/mol. The number of unbranched alkanes of at least 4 members (excludes halogenated alkanes) is 3. The fourth-order valence-electron chi connectivity index (χ4n) is 3.91. The van der Waals surface area contributed by atoms with E-state index in [1.54, 1.807) is 18.2 Å². The van der Waals surface area contributed by atoms with Crippen molar-refractivity contribution in [3.05, 3.63) is 53.6 Å². The first-order valence-electron chi connectivity index (χ1n) is 11.4. The number of benzene rings is 2. The molecule has 1 aliphatic rings. The van der Waals surface area contributed by atoms with Gasteiger partial charge in [0.1, 0.15) is 17.1 Å². The molecule has 1 atom stereocenters. The van der Waals surface area contributed by atoms with E-state index in [1.807, 2.05) is 12.1 Å². The molecule has 1 unspecified atom stereocenters. The van der Waals surface area contributed by atoms with Gasteiger partial charge in [0.15, 0.2) is 0 Å². The Labute approximate surface area is 186 Å². The van der Waals surface area contributed by atoms with Gasteiger partial charge in [-0.1, -0.05) is 31.9 Å². The number of rotatable bonds is 11. The van der Waals surface area contributed by atoms with Gasteiger partial charge in [-0.25, -0.2) is 0 Å². The predicted molar refractivity (Wildman–Crippen MR) is 119 cm³/mol. The number of hydrogen-bond acceptors (Lipinski definition) is 3. The summed E-state index contributed by atoms with van der Waals surface area (Å²) in [6.45, 7) is 3.53. The van der Waals surface area contributed by atoms with E-state index in [9.17, 15) is 13.2 Å². The Bertz CT molecular complexity index is 1030. The van der Waals surface area contributed by atoms with Gasteiger partial charge in [0, 0.05) is 17.0 Å². The van der Waals surface area contributed by atoms with Crippen molar-refractivity contribution in [1.82, 2.24) is 0 Å². The molecule has 3 nitrogen and oxygen atoms in total. The van der Waals surface area contributed by atoms with Crippen LogP contribution in [0.3, 0.4) is 0 Å². The quantitative estimate of drug-likeness (QED) is 0.223. The number of epoxide rings is 1. The SMILES string of the molecule is CCCCCc1ccc(-c2cc3ccc(OCCCCC4CO4)cc3o2)c(C(F)(F)F)c1. The lowest BCUT2D eigenvalue weighted by Crippen LogP contribution is -2.08. The number of halogens is 3. The maximum absolute atomic E-state index is 13.8. The first-order chi connectivity index (χ1) is 15.4. The second-order valence-corrected chi connectivity index (χ2v) is 8.44. The van der Waals surface area contributed by atoms with Gasteiger partial charge < -0.3 is 13.9 Å². The second kappa shape index (κ2) is 9.99. The summed E-state index contributed by atoms with van der Waals surface area (Å²) in [5.41, 5.74) is 0.637. The minimum atomic E-state index is -4.45. The Morgan fingerprint density at radius 2 is 1.84 bits per heavy atom. The second-order valence-electron chi connectivity index (χ2n) is 8.44. The normalized spacial score (nSPS) is 15.9. The lowest BCUT2D eigenvalue weighted by Gasteiger charge is -2.13. The lowest BCUT2D eigenvalue weighted by atomic mass is 9.98. The average Bonchev–Trinajstić information content (AvgIpc) is 3.49. The van der Waals surface area contributed by atoms with Crippen LogP contribution in [-0.4, -0.2) is 19.3 Å². The Morgan fingerprint density at radius 1 is 1.00 bits per heavy atom. The van der Waals surface area contributed by atoms with Crippen molar-refractivity contribution in [2.24, 2.45) is 0 Å². The fourth-order valence-corrected chi connectivity index (χ4v) is 3.91. The summed E-state index contributed by atoms with van der Waals surface area (Å²) in [6.07, 6.45) is 2.59. The van der Waals surface area contributed by atoms with E-state index in [-0.39, 0.29) is 11.3 Å². The van der Waals surface area contributed by atoms with Gasteiger partial charge in [-0.3, -0.25) is 0 Å². The molecule has 1 aromatic heterocycles. The zero-order valence-corrected chi connectivity index (χ0v) is 18.3. The van der Waals surface area contributed by atoms with Gasteiger partial charge in [-0.05, 0) is 61.9 Å². The summed E-state index contributed by atoms with van der Waals surface area (Å²) in [4.78, 5) is 0. The number of alkyl halides is 3. The molecule has 2 aromatic carbocycles.